The van der Waals surface area contributed by atoms with Crippen LogP contribution in [-0.2, 0) is 0 Å². The molecule has 0 saturated heterocycles. The second-order valence-corrected chi connectivity index (χ2v) is 5.80. The van der Waals surface area contributed by atoms with Crippen LogP contribution in [-0.4, -0.2) is 10.1 Å². The van der Waals surface area contributed by atoms with Crippen LogP contribution in [0.1, 0.15) is 17.2 Å². The third-order valence-corrected chi connectivity index (χ3v) is 4.42. The number of nitrogens with zero attached hydrogens (tertiary/aromatic N) is 1. The van der Waals surface area contributed by atoms with Crippen molar-refractivity contribution in [2.45, 2.75) is 6.10 Å². The largest absolute Gasteiger partial charge is 0.384 e. The van der Waals surface area contributed by atoms with Gasteiger partial charge in [-0.1, -0.05) is 35.9 Å². The average Bonchev–Trinajstić information content (AvgIpc) is 2.49. The quantitative estimate of drug-likeness (QED) is 0.726. The van der Waals surface area contributed by atoms with E-state index in [1.807, 2.05) is 42.5 Å². The molecule has 0 aliphatic rings. The van der Waals surface area contributed by atoms with Crippen LogP contribution in [0.3, 0.4) is 0 Å². The van der Waals surface area contributed by atoms with Crippen molar-refractivity contribution in [3.8, 4) is 0 Å². The summed E-state index contributed by atoms with van der Waals surface area (Å²) in [6.07, 6.45) is 0.959. The first-order valence-electron chi connectivity index (χ1n) is 6.13. The van der Waals surface area contributed by atoms with Crippen LogP contribution < -0.4 is 0 Å². The highest BCUT2D eigenvalue weighted by molar-refractivity contribution is 9.10. The summed E-state index contributed by atoms with van der Waals surface area (Å²) in [7, 11) is 0. The summed E-state index contributed by atoms with van der Waals surface area (Å²) >= 11 is 9.41. The zero-order valence-electron chi connectivity index (χ0n) is 10.4. The molecular formula is C16H11BrClNO. The number of rotatable bonds is 2. The van der Waals surface area contributed by atoms with Crippen LogP contribution in [0.15, 0.2) is 59.2 Å². The minimum Gasteiger partial charge on any atom is -0.384 e. The molecule has 0 spiro atoms. The molecule has 0 aliphatic heterocycles. The van der Waals surface area contributed by atoms with E-state index in [4.69, 9.17) is 11.6 Å². The van der Waals surface area contributed by atoms with Crippen molar-refractivity contribution in [3.63, 3.8) is 0 Å². The molecule has 1 heterocycles. The fourth-order valence-corrected chi connectivity index (χ4v) is 2.55. The van der Waals surface area contributed by atoms with E-state index >= 15 is 0 Å². The number of benzene rings is 2. The number of hydrogen-bond acceptors (Lipinski definition) is 2. The van der Waals surface area contributed by atoms with Crippen LogP contribution >= 0.6 is 27.5 Å². The third kappa shape index (κ3) is 2.57. The van der Waals surface area contributed by atoms with Crippen molar-refractivity contribution in [3.05, 3.63) is 75.4 Å². The molecule has 1 aromatic heterocycles. The Balaban J connectivity index is 2.02. The average molecular weight is 349 g/mol. The van der Waals surface area contributed by atoms with Crippen molar-refractivity contribution in [2.75, 3.05) is 0 Å². The highest BCUT2D eigenvalue weighted by Crippen LogP contribution is 2.29. The molecule has 4 heteroatoms. The topological polar surface area (TPSA) is 33.1 Å². The molecule has 0 saturated carbocycles. The summed E-state index contributed by atoms with van der Waals surface area (Å²) in [6.45, 7) is 0. The van der Waals surface area contributed by atoms with Gasteiger partial charge >= 0.3 is 0 Å². The zero-order chi connectivity index (χ0) is 14.1. The van der Waals surface area contributed by atoms with Crippen molar-refractivity contribution >= 4 is 38.4 Å². The Labute approximate surface area is 130 Å². The lowest BCUT2D eigenvalue weighted by atomic mass is 10.0. The van der Waals surface area contributed by atoms with Gasteiger partial charge in [0.05, 0.1) is 10.5 Å². The molecule has 20 heavy (non-hydrogen) atoms. The Morgan fingerprint density at radius 2 is 1.85 bits per heavy atom. The monoisotopic (exact) mass is 347 g/mol. The predicted molar refractivity (Wildman–Crippen MR) is 85.0 cm³/mol. The Morgan fingerprint density at radius 1 is 1.05 bits per heavy atom. The number of aliphatic hydroxyl groups is 1. The van der Waals surface area contributed by atoms with Gasteiger partial charge in [0.2, 0.25) is 0 Å². The minimum atomic E-state index is -0.738. The van der Waals surface area contributed by atoms with Gasteiger partial charge in [-0.2, -0.15) is 0 Å². The molecule has 100 valence electrons. The molecule has 0 fully saturated rings. The zero-order valence-corrected chi connectivity index (χ0v) is 12.8. The summed E-state index contributed by atoms with van der Waals surface area (Å²) in [4.78, 5) is 4.37. The van der Waals surface area contributed by atoms with E-state index in [2.05, 4.69) is 20.9 Å². The number of halogens is 2. The fourth-order valence-electron chi connectivity index (χ4n) is 2.11. The molecule has 0 bridgehead atoms. The van der Waals surface area contributed by atoms with Crippen molar-refractivity contribution in [1.29, 1.82) is 0 Å². The molecule has 1 N–H and O–H groups in total. The normalized spacial score (nSPS) is 12.6. The van der Waals surface area contributed by atoms with Crippen molar-refractivity contribution < 1.29 is 5.11 Å². The van der Waals surface area contributed by atoms with Gasteiger partial charge < -0.3 is 5.11 Å². The number of pyridine rings is 1. The summed E-state index contributed by atoms with van der Waals surface area (Å²) in [5.74, 6) is 0. The van der Waals surface area contributed by atoms with Crippen LogP contribution in [0, 0.1) is 0 Å². The molecule has 1 unspecified atom stereocenters. The summed E-state index contributed by atoms with van der Waals surface area (Å²) in [5, 5.41) is 12.0. The van der Waals surface area contributed by atoms with E-state index in [0.717, 1.165) is 26.5 Å². The van der Waals surface area contributed by atoms with Gasteiger partial charge in [0.15, 0.2) is 0 Å². The van der Waals surface area contributed by atoms with Gasteiger partial charge in [-0.05, 0) is 45.8 Å². The first-order chi connectivity index (χ1) is 9.65. The summed E-state index contributed by atoms with van der Waals surface area (Å²) in [6, 6.07) is 15.2. The van der Waals surface area contributed by atoms with Gasteiger partial charge in [0.1, 0.15) is 6.10 Å². The minimum absolute atomic E-state index is 0.579. The lowest BCUT2D eigenvalue weighted by Crippen LogP contribution is -2.00. The molecule has 0 amide bonds. The van der Waals surface area contributed by atoms with E-state index < -0.39 is 6.10 Å². The molecule has 0 radical (unpaired) electrons. The summed E-state index contributed by atoms with van der Waals surface area (Å²) in [5.41, 5.74) is 2.41. The lowest BCUT2D eigenvalue weighted by Gasteiger charge is -2.12. The molecule has 0 aliphatic carbocycles. The van der Waals surface area contributed by atoms with Gasteiger partial charge in [-0.3, -0.25) is 4.98 Å². The number of fused-ring (bicyclic) bond motifs is 1. The molecule has 3 rings (SSSR count). The number of para-hydroxylation sites is 1. The molecule has 3 aromatic rings. The van der Waals surface area contributed by atoms with Crippen LogP contribution in [0.2, 0.25) is 5.02 Å². The maximum absolute atomic E-state index is 10.5. The van der Waals surface area contributed by atoms with E-state index in [-0.39, 0.29) is 0 Å². The molecular weight excluding hydrogens is 338 g/mol. The number of hydrogen-bond donors (Lipinski definition) is 1. The second-order valence-electron chi connectivity index (χ2n) is 4.54. The third-order valence-electron chi connectivity index (χ3n) is 3.19. The highest BCUT2D eigenvalue weighted by Gasteiger charge is 2.13. The summed E-state index contributed by atoms with van der Waals surface area (Å²) < 4.78 is 0.812. The fraction of sp³-hybridized carbons (Fsp3) is 0.0625. The Kier molecular flexibility index (Phi) is 3.74. The highest BCUT2D eigenvalue weighted by atomic mass is 79.9. The Hall–Kier alpha value is -1.42. The molecule has 1 atom stereocenters. The van der Waals surface area contributed by atoms with E-state index in [0.29, 0.717) is 5.02 Å². The smallest absolute Gasteiger partial charge is 0.106 e. The van der Waals surface area contributed by atoms with Crippen LogP contribution in [0.25, 0.3) is 10.9 Å². The lowest BCUT2D eigenvalue weighted by molar-refractivity contribution is 0.220. The first kappa shape index (κ1) is 13.6. The van der Waals surface area contributed by atoms with Gasteiger partial charge in [-0.15, -0.1) is 0 Å². The SMILES string of the molecule is OC(c1ccc(Br)c(Cl)c1)c1cnc2ccccc2c1. The van der Waals surface area contributed by atoms with Crippen LogP contribution in [0.5, 0.6) is 0 Å². The maximum Gasteiger partial charge on any atom is 0.106 e. The standard InChI is InChI=1S/C16H11BrClNO/c17-13-6-5-11(8-14(13)18)16(20)12-7-10-3-1-2-4-15(10)19-9-12/h1-9,16,20H. The van der Waals surface area contributed by atoms with E-state index in [1.165, 1.54) is 0 Å². The van der Waals surface area contributed by atoms with Crippen LogP contribution in [0.4, 0.5) is 0 Å². The van der Waals surface area contributed by atoms with Gasteiger partial charge in [0.25, 0.3) is 0 Å². The second kappa shape index (κ2) is 5.52. The maximum atomic E-state index is 10.5. The molecule has 2 aromatic carbocycles. The first-order valence-corrected chi connectivity index (χ1v) is 7.30. The van der Waals surface area contributed by atoms with E-state index in [1.54, 1.807) is 12.3 Å². The Bertz CT molecular complexity index is 775. The van der Waals surface area contributed by atoms with Gasteiger partial charge in [-0.25, -0.2) is 0 Å². The van der Waals surface area contributed by atoms with E-state index in [9.17, 15) is 5.11 Å². The molecule has 2 nitrogen and oxygen atoms in total. The van der Waals surface area contributed by atoms with Crippen molar-refractivity contribution in [2.24, 2.45) is 0 Å². The predicted octanol–water partition coefficient (Wildman–Crippen LogP) is 4.73. The van der Waals surface area contributed by atoms with Gasteiger partial charge in [0, 0.05) is 21.6 Å². The Morgan fingerprint density at radius 3 is 2.65 bits per heavy atom. The number of aliphatic hydroxyl groups excluding tert-OH is 1. The number of aromatic nitrogens is 1. The van der Waals surface area contributed by atoms with Crippen molar-refractivity contribution in [1.82, 2.24) is 4.98 Å².